The maximum atomic E-state index is 14.7. The molecule has 4 aromatic rings. The van der Waals surface area contributed by atoms with Gasteiger partial charge in [0.25, 0.3) is 5.91 Å². The predicted molar refractivity (Wildman–Crippen MR) is 117 cm³/mol. The van der Waals surface area contributed by atoms with Crippen molar-refractivity contribution in [3.05, 3.63) is 113 Å². The highest BCUT2D eigenvalue weighted by Crippen LogP contribution is 2.35. The van der Waals surface area contributed by atoms with Crippen LogP contribution in [0.5, 0.6) is 0 Å². The number of aromatic nitrogens is 2. The van der Waals surface area contributed by atoms with Crippen molar-refractivity contribution in [3.63, 3.8) is 0 Å². The number of fused-ring (bicyclic) bond motifs is 1. The molecule has 8 heteroatoms. The number of carbonyl (C=O) groups excluding carboxylic acids is 1. The second-order valence-electron chi connectivity index (χ2n) is 7.98. The van der Waals surface area contributed by atoms with Crippen LogP contribution >= 0.6 is 0 Å². The Morgan fingerprint density at radius 3 is 2.85 bits per heavy atom. The molecule has 6 nitrogen and oxygen atoms in total. The molecule has 1 amide bonds. The number of carbonyl (C=O) groups is 1. The Balaban J connectivity index is 1.34. The molecule has 0 saturated carbocycles. The summed E-state index contributed by atoms with van der Waals surface area (Å²) in [6.07, 6.45) is 5.32. The van der Waals surface area contributed by atoms with Crippen LogP contribution in [0.15, 0.2) is 77.6 Å². The number of nitrogens with one attached hydrogen (secondary N) is 1. The van der Waals surface area contributed by atoms with Gasteiger partial charge in [-0.1, -0.05) is 12.1 Å². The molecule has 1 atom stereocenters. The molecule has 1 aliphatic rings. The largest absolute Gasteiger partial charge is 0.455 e. The van der Waals surface area contributed by atoms with E-state index in [0.717, 1.165) is 23.9 Å². The van der Waals surface area contributed by atoms with E-state index in [1.807, 2.05) is 30.5 Å². The van der Waals surface area contributed by atoms with Crippen LogP contribution in [0.1, 0.15) is 39.2 Å². The summed E-state index contributed by atoms with van der Waals surface area (Å²) < 4.78 is 36.1. The van der Waals surface area contributed by atoms with Crippen LogP contribution in [0, 0.1) is 11.6 Å². The molecule has 33 heavy (non-hydrogen) atoms. The number of rotatable bonds is 6. The number of furan rings is 1. The lowest BCUT2D eigenvalue weighted by Gasteiger charge is -2.37. The van der Waals surface area contributed by atoms with Crippen molar-refractivity contribution in [2.75, 3.05) is 6.54 Å². The first-order chi connectivity index (χ1) is 16.1. The van der Waals surface area contributed by atoms with Crippen LogP contribution in [0.4, 0.5) is 8.78 Å². The van der Waals surface area contributed by atoms with E-state index in [4.69, 9.17) is 4.42 Å². The molecule has 0 bridgehead atoms. The van der Waals surface area contributed by atoms with E-state index in [1.54, 1.807) is 24.5 Å². The van der Waals surface area contributed by atoms with Gasteiger partial charge in [-0.3, -0.25) is 14.7 Å². The first-order valence-electron chi connectivity index (χ1n) is 10.7. The summed E-state index contributed by atoms with van der Waals surface area (Å²) in [4.78, 5) is 18.6. The molecular formula is C25H22F2N4O2. The minimum Gasteiger partial charge on any atom is -0.455 e. The van der Waals surface area contributed by atoms with Crippen molar-refractivity contribution in [1.29, 1.82) is 0 Å². The average molecular weight is 448 g/mol. The van der Waals surface area contributed by atoms with E-state index in [-0.39, 0.29) is 11.7 Å². The van der Waals surface area contributed by atoms with Crippen molar-refractivity contribution >= 4 is 5.91 Å². The van der Waals surface area contributed by atoms with Gasteiger partial charge in [-0.05, 0) is 42.0 Å². The molecule has 1 aliphatic heterocycles. The molecular weight excluding hydrogens is 426 g/mol. The van der Waals surface area contributed by atoms with Crippen LogP contribution in [0.2, 0.25) is 0 Å². The van der Waals surface area contributed by atoms with E-state index >= 15 is 0 Å². The summed E-state index contributed by atoms with van der Waals surface area (Å²) in [5, 5.41) is 2.81. The lowest BCUT2D eigenvalue weighted by Crippen LogP contribution is -2.38. The Hall–Kier alpha value is -3.78. The summed E-state index contributed by atoms with van der Waals surface area (Å²) in [5.41, 5.74) is 2.21. The molecule has 1 N–H and O–H groups in total. The smallest absolute Gasteiger partial charge is 0.287 e. The first-order valence-corrected chi connectivity index (χ1v) is 10.7. The zero-order chi connectivity index (χ0) is 22.8. The highest BCUT2D eigenvalue weighted by Gasteiger charge is 2.31. The lowest BCUT2D eigenvalue weighted by molar-refractivity contribution is 0.0916. The van der Waals surface area contributed by atoms with Gasteiger partial charge in [0.2, 0.25) is 0 Å². The zero-order valence-corrected chi connectivity index (χ0v) is 17.7. The van der Waals surface area contributed by atoms with Crippen LogP contribution in [-0.2, 0) is 19.6 Å². The van der Waals surface area contributed by atoms with Crippen molar-refractivity contribution < 1.29 is 18.0 Å². The minimum atomic E-state index is -0.609. The van der Waals surface area contributed by atoms with Crippen molar-refractivity contribution in [1.82, 2.24) is 19.8 Å². The fourth-order valence-electron chi connectivity index (χ4n) is 4.24. The molecule has 0 fully saturated rings. The quantitative estimate of drug-likeness (QED) is 0.478. The van der Waals surface area contributed by atoms with Crippen LogP contribution in [0.3, 0.4) is 0 Å². The Kier molecular flexibility index (Phi) is 5.75. The fraction of sp³-hybridized carbons (Fsp3) is 0.200. The highest BCUT2D eigenvalue weighted by molar-refractivity contribution is 5.91. The molecule has 3 aromatic heterocycles. The molecule has 4 heterocycles. The van der Waals surface area contributed by atoms with Gasteiger partial charge in [-0.2, -0.15) is 0 Å². The number of hydrogen-bond acceptors (Lipinski definition) is 4. The monoisotopic (exact) mass is 448 g/mol. The van der Waals surface area contributed by atoms with E-state index in [0.29, 0.717) is 31.0 Å². The maximum Gasteiger partial charge on any atom is 0.287 e. The van der Waals surface area contributed by atoms with Gasteiger partial charge in [-0.25, -0.2) is 8.78 Å². The Labute approximate surface area is 189 Å². The van der Waals surface area contributed by atoms with Crippen LogP contribution < -0.4 is 5.32 Å². The summed E-state index contributed by atoms with van der Waals surface area (Å²) in [6.45, 7) is 2.10. The molecule has 0 saturated heterocycles. The Bertz CT molecular complexity index is 1270. The Morgan fingerprint density at radius 2 is 2.03 bits per heavy atom. The average Bonchev–Trinajstić information content (AvgIpc) is 3.48. The summed E-state index contributed by atoms with van der Waals surface area (Å²) in [7, 11) is 0. The standard InChI is InChI=1S/C25H22F2N4O2/c26-18-5-7-20(21(27)13-18)24-22-4-2-10-30(22)11-12-31(24)16-19-6-8-23(33-19)25(32)29-15-17-3-1-9-28-14-17/h1-10,13-14,24H,11-12,15-16H2,(H,29,32). The summed E-state index contributed by atoms with van der Waals surface area (Å²) in [6, 6.07) is 14.2. The summed E-state index contributed by atoms with van der Waals surface area (Å²) in [5.74, 6) is -0.719. The SMILES string of the molecule is O=C(NCc1cccnc1)c1ccc(CN2CCn3cccc3C2c2ccc(F)cc2F)o1. The fourth-order valence-corrected chi connectivity index (χ4v) is 4.24. The number of pyridine rings is 1. The van der Waals surface area contributed by atoms with Crippen molar-refractivity contribution in [2.45, 2.75) is 25.7 Å². The number of hydrogen-bond donors (Lipinski definition) is 1. The molecule has 1 unspecified atom stereocenters. The second-order valence-corrected chi connectivity index (χ2v) is 7.98. The third kappa shape index (κ3) is 4.42. The van der Waals surface area contributed by atoms with Crippen LogP contribution in [0.25, 0.3) is 0 Å². The zero-order valence-electron chi connectivity index (χ0n) is 17.7. The van der Waals surface area contributed by atoms with Gasteiger partial charge >= 0.3 is 0 Å². The van der Waals surface area contributed by atoms with Gasteiger partial charge in [-0.15, -0.1) is 0 Å². The van der Waals surface area contributed by atoms with Crippen molar-refractivity contribution in [3.8, 4) is 0 Å². The molecule has 168 valence electrons. The second kappa shape index (κ2) is 8.99. The van der Waals surface area contributed by atoms with Gasteiger partial charge in [0.05, 0.1) is 12.6 Å². The normalized spacial score (nSPS) is 15.9. The topological polar surface area (TPSA) is 63.3 Å². The van der Waals surface area contributed by atoms with Gasteiger partial charge < -0.3 is 14.3 Å². The Morgan fingerprint density at radius 1 is 1.12 bits per heavy atom. The molecule has 0 radical (unpaired) electrons. The highest BCUT2D eigenvalue weighted by atomic mass is 19.1. The number of nitrogens with zero attached hydrogens (tertiary/aromatic N) is 3. The van der Waals surface area contributed by atoms with Gasteiger partial charge in [0.15, 0.2) is 5.76 Å². The maximum absolute atomic E-state index is 14.7. The molecule has 0 aliphatic carbocycles. The van der Waals surface area contributed by atoms with Gasteiger partial charge in [0, 0.05) is 55.5 Å². The first kappa shape index (κ1) is 21.1. The molecule has 0 spiro atoms. The van der Waals surface area contributed by atoms with E-state index in [9.17, 15) is 13.6 Å². The van der Waals surface area contributed by atoms with Crippen LogP contribution in [-0.4, -0.2) is 26.9 Å². The number of benzene rings is 1. The third-order valence-corrected chi connectivity index (χ3v) is 5.82. The van der Waals surface area contributed by atoms with E-state index in [2.05, 4.69) is 19.8 Å². The lowest BCUT2D eigenvalue weighted by atomic mass is 9.99. The molecule has 1 aromatic carbocycles. The molecule has 5 rings (SSSR count). The third-order valence-electron chi connectivity index (χ3n) is 5.82. The number of amides is 1. The van der Waals surface area contributed by atoms with Crippen molar-refractivity contribution in [2.24, 2.45) is 0 Å². The number of halogens is 2. The predicted octanol–water partition coefficient (Wildman–Crippen LogP) is 4.29. The van der Waals surface area contributed by atoms with E-state index in [1.165, 1.54) is 12.1 Å². The van der Waals surface area contributed by atoms with Gasteiger partial charge in [0.1, 0.15) is 17.4 Å². The minimum absolute atomic E-state index is 0.207. The summed E-state index contributed by atoms with van der Waals surface area (Å²) >= 11 is 0. The van der Waals surface area contributed by atoms with E-state index < -0.39 is 17.7 Å².